The van der Waals surface area contributed by atoms with Gasteiger partial charge in [0.1, 0.15) is 5.82 Å². The second-order valence-electron chi connectivity index (χ2n) is 4.85. The zero-order valence-corrected chi connectivity index (χ0v) is 13.1. The number of thioether (sulfide) groups is 1. The van der Waals surface area contributed by atoms with Gasteiger partial charge in [-0.05, 0) is 38.1 Å². The molecule has 1 unspecified atom stereocenters. The largest absolute Gasteiger partial charge is 0.339 e. The van der Waals surface area contributed by atoms with Gasteiger partial charge in [-0.15, -0.1) is 11.8 Å². The summed E-state index contributed by atoms with van der Waals surface area (Å²) in [5, 5.41) is 7.30. The Bertz CT molecular complexity index is 561. The Hall–Kier alpha value is -1.40. The molecule has 0 aliphatic heterocycles. The van der Waals surface area contributed by atoms with Crippen molar-refractivity contribution in [3.05, 3.63) is 41.8 Å². The molecule has 0 aliphatic rings. The van der Waals surface area contributed by atoms with Crippen molar-refractivity contribution in [2.24, 2.45) is 0 Å². The molecule has 1 aromatic heterocycles. The van der Waals surface area contributed by atoms with Crippen LogP contribution in [0.5, 0.6) is 0 Å². The van der Waals surface area contributed by atoms with Crippen LogP contribution in [-0.4, -0.2) is 22.7 Å². The minimum Gasteiger partial charge on any atom is -0.339 e. The lowest BCUT2D eigenvalue weighted by Crippen LogP contribution is -2.25. The third-order valence-corrected chi connectivity index (χ3v) is 4.01. The maximum Gasteiger partial charge on any atom is 0.226 e. The fourth-order valence-electron chi connectivity index (χ4n) is 1.95. The summed E-state index contributed by atoms with van der Waals surface area (Å²) >= 11 is 1.50. The van der Waals surface area contributed by atoms with E-state index in [4.69, 9.17) is 4.52 Å². The fourth-order valence-corrected chi connectivity index (χ4v) is 2.73. The zero-order valence-electron chi connectivity index (χ0n) is 12.3. The molecule has 2 aromatic rings. The summed E-state index contributed by atoms with van der Waals surface area (Å²) in [6.45, 7) is 5.19. The molecule has 0 radical (unpaired) electrons. The van der Waals surface area contributed by atoms with E-state index in [1.54, 1.807) is 6.07 Å². The fraction of sp³-hybridized carbons (Fsp3) is 0.467. The summed E-state index contributed by atoms with van der Waals surface area (Å²) < 4.78 is 18.3. The summed E-state index contributed by atoms with van der Waals surface area (Å²) in [6.07, 6.45) is 1.73. The second-order valence-corrected chi connectivity index (χ2v) is 5.90. The normalized spacial score (nSPS) is 12.5. The van der Waals surface area contributed by atoms with Crippen molar-refractivity contribution < 1.29 is 8.91 Å². The number of hydrogen-bond donors (Lipinski definition) is 1. The number of hydrogen-bond acceptors (Lipinski definition) is 5. The number of halogens is 1. The average molecular weight is 309 g/mol. The molecule has 0 saturated carbocycles. The van der Waals surface area contributed by atoms with E-state index >= 15 is 0 Å². The Labute approximate surface area is 128 Å². The lowest BCUT2D eigenvalue weighted by Gasteiger charge is -2.09. The van der Waals surface area contributed by atoms with Crippen LogP contribution < -0.4 is 5.32 Å². The van der Waals surface area contributed by atoms with Crippen LogP contribution in [-0.2, 0) is 12.2 Å². The quantitative estimate of drug-likeness (QED) is 0.757. The number of aromatic nitrogens is 2. The van der Waals surface area contributed by atoms with Crippen LogP contribution in [0.2, 0.25) is 0 Å². The van der Waals surface area contributed by atoms with Crippen molar-refractivity contribution in [3.8, 4) is 0 Å². The number of benzene rings is 1. The van der Waals surface area contributed by atoms with Gasteiger partial charge in [0.15, 0.2) is 5.82 Å². The van der Waals surface area contributed by atoms with E-state index < -0.39 is 0 Å². The molecule has 0 fully saturated rings. The van der Waals surface area contributed by atoms with Crippen molar-refractivity contribution >= 4 is 11.8 Å². The molecule has 114 valence electrons. The van der Waals surface area contributed by atoms with Gasteiger partial charge in [-0.25, -0.2) is 4.39 Å². The lowest BCUT2D eigenvalue weighted by atomic mass is 10.2. The van der Waals surface area contributed by atoms with Gasteiger partial charge in [0.25, 0.3) is 0 Å². The van der Waals surface area contributed by atoms with Gasteiger partial charge in [0.2, 0.25) is 5.89 Å². The van der Waals surface area contributed by atoms with Gasteiger partial charge in [0, 0.05) is 17.4 Å². The van der Waals surface area contributed by atoms with Crippen LogP contribution in [0.4, 0.5) is 4.39 Å². The van der Waals surface area contributed by atoms with E-state index in [0.717, 1.165) is 24.3 Å². The highest BCUT2D eigenvalue weighted by Gasteiger charge is 2.09. The van der Waals surface area contributed by atoms with Crippen LogP contribution in [0.15, 0.2) is 33.7 Å². The highest BCUT2D eigenvalue weighted by atomic mass is 32.2. The second kappa shape index (κ2) is 8.14. The Morgan fingerprint density at radius 2 is 2.29 bits per heavy atom. The molecule has 6 heteroatoms. The molecule has 1 heterocycles. The number of rotatable bonds is 8. The van der Waals surface area contributed by atoms with Crippen molar-refractivity contribution in [1.82, 2.24) is 15.5 Å². The first-order chi connectivity index (χ1) is 10.2. The molecule has 0 aliphatic carbocycles. The first-order valence-corrected chi connectivity index (χ1v) is 8.09. The minimum absolute atomic E-state index is 0.230. The summed E-state index contributed by atoms with van der Waals surface area (Å²) in [6, 6.07) is 6.94. The van der Waals surface area contributed by atoms with Gasteiger partial charge in [0.05, 0.1) is 5.75 Å². The molecule has 0 bridgehead atoms. The third-order valence-electron chi connectivity index (χ3n) is 3.02. The topological polar surface area (TPSA) is 51.0 Å². The van der Waals surface area contributed by atoms with E-state index in [9.17, 15) is 4.39 Å². The Morgan fingerprint density at radius 1 is 1.43 bits per heavy atom. The zero-order chi connectivity index (χ0) is 15.1. The van der Waals surface area contributed by atoms with Crippen LogP contribution in [0, 0.1) is 5.82 Å². The summed E-state index contributed by atoms with van der Waals surface area (Å²) in [5.74, 6) is 1.66. The molecule has 21 heavy (non-hydrogen) atoms. The Balaban J connectivity index is 1.80. The molecule has 0 saturated heterocycles. The molecule has 4 nitrogen and oxygen atoms in total. The number of aryl methyl sites for hydroxylation is 1. The Morgan fingerprint density at radius 3 is 3.05 bits per heavy atom. The van der Waals surface area contributed by atoms with Gasteiger partial charge in [-0.2, -0.15) is 4.98 Å². The summed E-state index contributed by atoms with van der Waals surface area (Å²) in [5.41, 5.74) is 0. The predicted octanol–water partition coefficient (Wildman–Crippen LogP) is 3.43. The third kappa shape index (κ3) is 5.47. The Kier molecular flexibility index (Phi) is 6.20. The standard InChI is InChI=1S/C15H20FN3OS/c1-3-17-11(2)7-8-15-18-14(19-20-15)10-21-13-6-4-5-12(16)9-13/h4-6,9,11,17H,3,7-8,10H2,1-2H3. The van der Waals surface area contributed by atoms with Crippen molar-refractivity contribution in [1.29, 1.82) is 0 Å². The first-order valence-electron chi connectivity index (χ1n) is 7.10. The highest BCUT2D eigenvalue weighted by molar-refractivity contribution is 7.98. The van der Waals surface area contributed by atoms with Crippen LogP contribution in [0.25, 0.3) is 0 Å². The molecule has 1 atom stereocenters. The van der Waals surface area contributed by atoms with Crippen LogP contribution in [0.1, 0.15) is 32.0 Å². The van der Waals surface area contributed by atoms with Gasteiger partial charge in [-0.3, -0.25) is 0 Å². The van der Waals surface area contributed by atoms with Crippen molar-refractivity contribution in [2.75, 3.05) is 6.54 Å². The average Bonchev–Trinajstić information content (AvgIpc) is 2.91. The molecule has 0 spiro atoms. The maximum atomic E-state index is 13.1. The monoisotopic (exact) mass is 309 g/mol. The lowest BCUT2D eigenvalue weighted by molar-refractivity contribution is 0.364. The maximum absolute atomic E-state index is 13.1. The number of nitrogens with one attached hydrogen (secondary N) is 1. The van der Waals surface area contributed by atoms with Crippen LogP contribution in [0.3, 0.4) is 0 Å². The van der Waals surface area contributed by atoms with E-state index in [1.807, 2.05) is 6.07 Å². The predicted molar refractivity (Wildman–Crippen MR) is 81.7 cm³/mol. The van der Waals surface area contributed by atoms with E-state index in [1.165, 1.54) is 23.9 Å². The highest BCUT2D eigenvalue weighted by Crippen LogP contribution is 2.22. The summed E-state index contributed by atoms with van der Waals surface area (Å²) in [4.78, 5) is 5.22. The smallest absolute Gasteiger partial charge is 0.226 e. The molecule has 0 amide bonds. The molecular formula is C15H20FN3OS. The van der Waals surface area contributed by atoms with Crippen molar-refractivity contribution in [3.63, 3.8) is 0 Å². The van der Waals surface area contributed by atoms with E-state index in [0.29, 0.717) is 23.5 Å². The molecule has 2 rings (SSSR count). The van der Waals surface area contributed by atoms with Crippen molar-refractivity contribution in [2.45, 2.75) is 43.4 Å². The van der Waals surface area contributed by atoms with E-state index in [-0.39, 0.29) is 5.82 Å². The van der Waals surface area contributed by atoms with Gasteiger partial charge in [-0.1, -0.05) is 18.1 Å². The summed E-state index contributed by atoms with van der Waals surface area (Å²) in [7, 11) is 0. The number of nitrogens with zero attached hydrogens (tertiary/aromatic N) is 2. The molecular weight excluding hydrogens is 289 g/mol. The first kappa shape index (κ1) is 16.0. The molecule has 1 aromatic carbocycles. The van der Waals surface area contributed by atoms with E-state index in [2.05, 4.69) is 29.3 Å². The minimum atomic E-state index is -0.230. The van der Waals surface area contributed by atoms with Gasteiger partial charge < -0.3 is 9.84 Å². The van der Waals surface area contributed by atoms with Crippen LogP contribution >= 0.6 is 11.8 Å². The molecule has 1 N–H and O–H groups in total. The van der Waals surface area contributed by atoms with Gasteiger partial charge >= 0.3 is 0 Å². The SMILES string of the molecule is CCNC(C)CCc1nc(CSc2cccc(F)c2)no1.